The summed E-state index contributed by atoms with van der Waals surface area (Å²) < 4.78 is 61.1. The van der Waals surface area contributed by atoms with Crippen LogP contribution in [0, 0.1) is 5.82 Å². The molecule has 0 bridgehead atoms. The Morgan fingerprint density at radius 1 is 1.12 bits per heavy atom. The molecular formula is C23H23F4NO4. The van der Waals surface area contributed by atoms with Crippen LogP contribution in [0.15, 0.2) is 36.4 Å². The zero-order valence-corrected chi connectivity index (χ0v) is 17.3. The molecule has 2 N–H and O–H groups in total. The minimum absolute atomic E-state index is 0.0591. The summed E-state index contributed by atoms with van der Waals surface area (Å²) >= 11 is 0. The molecule has 0 spiro atoms. The third-order valence-corrected chi connectivity index (χ3v) is 5.80. The fourth-order valence-electron chi connectivity index (χ4n) is 4.17. The molecule has 2 aromatic carbocycles. The van der Waals surface area contributed by atoms with Crippen LogP contribution >= 0.6 is 0 Å². The van der Waals surface area contributed by atoms with Gasteiger partial charge in [-0.3, -0.25) is 14.9 Å². The van der Waals surface area contributed by atoms with Crippen LogP contribution in [0.3, 0.4) is 0 Å². The highest BCUT2D eigenvalue weighted by atomic mass is 19.4. The van der Waals surface area contributed by atoms with Crippen LogP contribution in [0.5, 0.6) is 5.75 Å². The van der Waals surface area contributed by atoms with Crippen molar-refractivity contribution in [3.63, 3.8) is 0 Å². The molecule has 32 heavy (non-hydrogen) atoms. The first-order valence-corrected chi connectivity index (χ1v) is 10.1. The maximum Gasteiger partial charge on any atom is 0.407 e. The Bertz CT molecular complexity index is 1000. The minimum atomic E-state index is -4.78. The lowest BCUT2D eigenvalue weighted by atomic mass is 9.80. The van der Waals surface area contributed by atoms with Gasteiger partial charge < -0.3 is 9.84 Å². The number of methoxy groups -OCH3 is 1. The second-order valence-corrected chi connectivity index (χ2v) is 7.89. The van der Waals surface area contributed by atoms with Gasteiger partial charge in [-0.2, -0.15) is 13.2 Å². The van der Waals surface area contributed by atoms with E-state index in [2.05, 4.69) is 5.32 Å². The molecular weight excluding hydrogens is 430 g/mol. The van der Waals surface area contributed by atoms with E-state index in [0.29, 0.717) is 19.1 Å². The van der Waals surface area contributed by atoms with Crippen molar-refractivity contribution < 1.29 is 37.0 Å². The number of ether oxygens (including phenoxy) is 1. The zero-order chi connectivity index (χ0) is 23.5. The molecule has 1 fully saturated rings. The predicted molar refractivity (Wildman–Crippen MR) is 109 cm³/mol. The van der Waals surface area contributed by atoms with Crippen molar-refractivity contribution >= 4 is 12.3 Å². The first kappa shape index (κ1) is 23.7. The summed E-state index contributed by atoms with van der Waals surface area (Å²) in [7, 11) is 1.13. The van der Waals surface area contributed by atoms with E-state index in [4.69, 9.17) is 4.74 Å². The van der Waals surface area contributed by atoms with E-state index in [0.717, 1.165) is 37.8 Å². The lowest BCUT2D eigenvalue weighted by Crippen LogP contribution is -2.57. The predicted octanol–water partition coefficient (Wildman–Crippen LogP) is 5.08. The molecule has 1 atom stereocenters. The molecule has 1 unspecified atom stereocenters. The number of alkyl halides is 3. The Labute approximate surface area is 182 Å². The molecule has 1 saturated carbocycles. The van der Waals surface area contributed by atoms with Crippen LogP contribution in [0.4, 0.5) is 17.6 Å². The fourth-order valence-corrected chi connectivity index (χ4v) is 4.17. The number of rotatable bonds is 6. The number of esters is 1. The van der Waals surface area contributed by atoms with Crippen molar-refractivity contribution in [3.05, 3.63) is 53.3 Å². The van der Waals surface area contributed by atoms with Crippen molar-refractivity contribution in [2.75, 3.05) is 7.11 Å². The Kier molecular flexibility index (Phi) is 6.88. The molecule has 5 nitrogen and oxygen atoms in total. The van der Waals surface area contributed by atoms with E-state index >= 15 is 0 Å². The van der Waals surface area contributed by atoms with E-state index in [9.17, 15) is 32.3 Å². The summed E-state index contributed by atoms with van der Waals surface area (Å²) in [6.45, 7) is 0. The van der Waals surface area contributed by atoms with Crippen LogP contribution in [0.2, 0.25) is 0 Å². The van der Waals surface area contributed by atoms with Crippen molar-refractivity contribution in [2.24, 2.45) is 0 Å². The molecule has 0 amide bonds. The summed E-state index contributed by atoms with van der Waals surface area (Å²) in [4.78, 5) is 23.4. The molecule has 1 aliphatic rings. The number of aldehydes is 1. The molecule has 2 aromatic rings. The summed E-state index contributed by atoms with van der Waals surface area (Å²) in [6.07, 6.45) is -1.95. The highest BCUT2D eigenvalue weighted by Crippen LogP contribution is 2.41. The molecule has 0 saturated heterocycles. The number of nitrogens with one attached hydrogen (secondary N) is 1. The lowest BCUT2D eigenvalue weighted by Gasteiger charge is -2.39. The Hall–Kier alpha value is -2.94. The van der Waals surface area contributed by atoms with Gasteiger partial charge in [0.05, 0.1) is 7.11 Å². The lowest BCUT2D eigenvalue weighted by molar-refractivity contribution is -0.172. The Morgan fingerprint density at radius 2 is 1.81 bits per heavy atom. The molecule has 3 rings (SSSR count). The number of hydrogen-bond acceptors (Lipinski definition) is 5. The van der Waals surface area contributed by atoms with E-state index in [1.807, 2.05) is 0 Å². The third-order valence-electron chi connectivity index (χ3n) is 5.80. The Morgan fingerprint density at radius 3 is 2.38 bits per heavy atom. The molecule has 0 aliphatic heterocycles. The van der Waals surface area contributed by atoms with Crippen molar-refractivity contribution in [3.8, 4) is 16.9 Å². The van der Waals surface area contributed by atoms with Crippen LogP contribution in [0.25, 0.3) is 11.1 Å². The maximum atomic E-state index is 14.2. The maximum absolute atomic E-state index is 14.2. The molecule has 172 valence electrons. The standard InChI is InChI=1S/C23H23F4NO4/c1-32-21(31)22(9-3-2-4-10-22)28-20(23(25,26)27)15-6-7-16(19(30)12-15)17-11-14(13-29)5-8-18(17)24/h5-8,11-13,20,28,30H,2-4,9-10H2,1H3. The van der Waals surface area contributed by atoms with Crippen molar-refractivity contribution in [2.45, 2.75) is 49.9 Å². The van der Waals surface area contributed by atoms with Crippen LogP contribution in [-0.2, 0) is 9.53 Å². The molecule has 0 radical (unpaired) electrons. The fraction of sp³-hybridized carbons (Fsp3) is 0.391. The molecule has 0 heterocycles. The average molecular weight is 453 g/mol. The zero-order valence-electron chi connectivity index (χ0n) is 17.3. The Balaban J connectivity index is 2.02. The third kappa shape index (κ3) is 4.77. The van der Waals surface area contributed by atoms with E-state index in [-0.39, 0.29) is 35.1 Å². The second kappa shape index (κ2) is 9.28. The van der Waals surface area contributed by atoms with E-state index < -0.39 is 35.3 Å². The summed E-state index contributed by atoms with van der Waals surface area (Å²) in [5, 5.41) is 12.9. The van der Waals surface area contributed by atoms with E-state index in [1.165, 1.54) is 12.1 Å². The highest BCUT2D eigenvalue weighted by Gasteiger charge is 2.49. The SMILES string of the molecule is COC(=O)C1(NC(c2ccc(-c3cc(C=O)ccc3F)c(O)c2)C(F)(F)F)CCCCC1. The van der Waals surface area contributed by atoms with Crippen LogP contribution in [0.1, 0.15) is 54.1 Å². The van der Waals surface area contributed by atoms with Gasteiger partial charge in [0.15, 0.2) is 0 Å². The first-order valence-electron chi connectivity index (χ1n) is 10.1. The quantitative estimate of drug-likeness (QED) is 0.363. The van der Waals surface area contributed by atoms with Gasteiger partial charge in [0.1, 0.15) is 29.4 Å². The number of carbonyl (C=O) groups excluding carboxylic acids is 2. The number of phenolic OH excluding ortho intramolecular Hbond substituents is 1. The minimum Gasteiger partial charge on any atom is -0.507 e. The topological polar surface area (TPSA) is 75.6 Å². The summed E-state index contributed by atoms with van der Waals surface area (Å²) in [5.74, 6) is -2.09. The monoisotopic (exact) mass is 453 g/mol. The number of hydrogen-bond donors (Lipinski definition) is 2. The largest absolute Gasteiger partial charge is 0.507 e. The number of phenols is 1. The van der Waals surface area contributed by atoms with Gasteiger partial charge in [0.2, 0.25) is 0 Å². The summed E-state index contributed by atoms with van der Waals surface area (Å²) in [5.41, 5.74) is -1.85. The molecule has 1 aliphatic carbocycles. The smallest absolute Gasteiger partial charge is 0.407 e. The summed E-state index contributed by atoms with van der Waals surface area (Å²) in [6, 6.07) is 4.38. The number of benzene rings is 2. The van der Waals surface area contributed by atoms with Gasteiger partial charge in [-0.1, -0.05) is 31.4 Å². The van der Waals surface area contributed by atoms with Crippen molar-refractivity contribution in [1.82, 2.24) is 5.32 Å². The molecule has 9 heteroatoms. The number of carbonyl (C=O) groups is 2. The van der Waals surface area contributed by atoms with Gasteiger partial charge in [0.25, 0.3) is 0 Å². The highest BCUT2D eigenvalue weighted by molar-refractivity contribution is 5.82. The van der Waals surface area contributed by atoms with Gasteiger partial charge >= 0.3 is 12.1 Å². The second-order valence-electron chi connectivity index (χ2n) is 7.89. The average Bonchev–Trinajstić information content (AvgIpc) is 2.77. The van der Waals surface area contributed by atoms with Crippen LogP contribution < -0.4 is 5.32 Å². The van der Waals surface area contributed by atoms with Crippen LogP contribution in [-0.4, -0.2) is 36.2 Å². The number of aromatic hydroxyl groups is 1. The van der Waals surface area contributed by atoms with Crippen molar-refractivity contribution in [1.29, 1.82) is 0 Å². The first-order chi connectivity index (χ1) is 15.1. The van der Waals surface area contributed by atoms with Gasteiger partial charge in [-0.15, -0.1) is 0 Å². The molecule has 0 aromatic heterocycles. The number of halogens is 4. The normalized spacial score (nSPS) is 16.9. The van der Waals surface area contributed by atoms with Gasteiger partial charge in [-0.25, -0.2) is 4.39 Å². The van der Waals surface area contributed by atoms with Gasteiger partial charge in [0, 0.05) is 16.7 Å². The van der Waals surface area contributed by atoms with E-state index in [1.54, 1.807) is 0 Å². The van der Waals surface area contributed by atoms with Gasteiger partial charge in [-0.05, 0) is 42.7 Å².